The number of halogens is 6. The SMILES string of the molecule is COc1cc(COCCCOc2ccc(S(=O)(=O)C3(C(=O)NO)CCOCC3)cc2)cc(OC)c1.O=C(NO)C1(S(=O)(=O)c2ccc(OCCCOCc3cc(C(F)(F)F)cc(C(F)(F)F)c3)cc2)CCOCC1. The Morgan fingerprint density at radius 1 is 0.541 bits per heavy atom. The lowest BCUT2D eigenvalue weighted by molar-refractivity contribution is -0.143. The molecule has 0 aromatic heterocycles. The summed E-state index contributed by atoms with van der Waals surface area (Å²) in [7, 11) is -5.09. The standard InChI is InChI=1S/C24H25F6NO7S.C24H31NO9S/c25-23(26,27)17-12-16(13-18(14-17)24(28,29)30)15-37-8-1-9-38-19-2-4-20(5-3-19)39(34,35)22(21(32)31-33)6-10-36-11-7-22;1-30-20-14-18(15-21(16-20)31-2)17-33-10-3-11-34-19-4-6-22(7-5-19)35(28,29)24(23(26)25-27)8-12-32-13-9-24/h2-5,12-14,33H,1,6-11,15H2,(H,31,32);4-7,14-16,27H,3,8-13,17H2,1-2H3,(H,25,26). The maximum atomic E-state index is 13.3. The zero-order valence-corrected chi connectivity index (χ0v) is 41.7. The fourth-order valence-corrected chi connectivity index (χ4v) is 11.7. The van der Waals surface area contributed by atoms with Crippen molar-refractivity contribution in [2.75, 3.05) is 67.1 Å². The number of sulfone groups is 2. The van der Waals surface area contributed by atoms with Crippen molar-refractivity contribution < 1.29 is 101 Å². The molecule has 2 fully saturated rings. The van der Waals surface area contributed by atoms with Gasteiger partial charge in [0.05, 0.1) is 74.8 Å². The number of hydroxylamine groups is 2. The molecule has 2 aliphatic rings. The van der Waals surface area contributed by atoms with E-state index < -0.39 is 71.1 Å². The zero-order chi connectivity index (χ0) is 54.2. The van der Waals surface area contributed by atoms with E-state index in [1.54, 1.807) is 32.4 Å². The Morgan fingerprint density at radius 2 is 0.892 bits per heavy atom. The van der Waals surface area contributed by atoms with Gasteiger partial charge in [-0.2, -0.15) is 26.3 Å². The van der Waals surface area contributed by atoms with E-state index >= 15 is 0 Å². The highest BCUT2D eigenvalue weighted by atomic mass is 32.2. The topological polar surface area (TPSA) is 241 Å². The van der Waals surface area contributed by atoms with Crippen LogP contribution in [-0.4, -0.2) is 116 Å². The number of alkyl halides is 6. The summed E-state index contributed by atoms with van der Waals surface area (Å²) < 4.78 is 170. The molecule has 0 bridgehead atoms. The van der Waals surface area contributed by atoms with Crippen LogP contribution in [0, 0.1) is 0 Å². The smallest absolute Gasteiger partial charge is 0.416 e. The Bertz CT molecular complexity index is 2640. The molecule has 26 heteroatoms. The third kappa shape index (κ3) is 14.8. The van der Waals surface area contributed by atoms with Crippen LogP contribution >= 0.6 is 0 Å². The molecule has 0 radical (unpaired) electrons. The quantitative estimate of drug-likeness (QED) is 0.0267. The molecule has 4 N–H and O–H groups in total. The second-order valence-corrected chi connectivity index (χ2v) is 21.2. The minimum absolute atomic E-state index is 0.0209. The molecule has 0 unspecified atom stereocenters. The monoisotopic (exact) mass is 1090 g/mol. The van der Waals surface area contributed by atoms with E-state index in [2.05, 4.69) is 0 Å². The number of hydrogen-bond donors (Lipinski definition) is 4. The number of benzene rings is 4. The Balaban J connectivity index is 0.000000276. The lowest BCUT2D eigenvalue weighted by atomic mass is 9.98. The number of hydrogen-bond acceptors (Lipinski definition) is 16. The van der Waals surface area contributed by atoms with Crippen LogP contribution in [0.3, 0.4) is 0 Å². The van der Waals surface area contributed by atoms with Crippen molar-refractivity contribution in [1.82, 2.24) is 11.0 Å². The van der Waals surface area contributed by atoms with Crippen LogP contribution in [0.15, 0.2) is 94.7 Å². The highest BCUT2D eigenvalue weighted by Crippen LogP contribution is 2.39. The van der Waals surface area contributed by atoms with Gasteiger partial charge in [-0.1, -0.05) is 0 Å². The fourth-order valence-electron chi connectivity index (χ4n) is 7.86. The summed E-state index contributed by atoms with van der Waals surface area (Å²) >= 11 is 0. The summed E-state index contributed by atoms with van der Waals surface area (Å²) in [5.74, 6) is 0.149. The maximum Gasteiger partial charge on any atom is 0.416 e. The Labute approximate surface area is 422 Å². The van der Waals surface area contributed by atoms with Crippen molar-refractivity contribution >= 4 is 31.5 Å². The number of carbonyl (C=O) groups excluding carboxylic acids is 2. The number of rotatable bonds is 22. The summed E-state index contributed by atoms with van der Waals surface area (Å²) in [6.07, 6.45) is -9.41. The normalized spacial score (nSPS) is 15.7. The van der Waals surface area contributed by atoms with Gasteiger partial charge in [0.2, 0.25) is 0 Å². The summed E-state index contributed by atoms with van der Waals surface area (Å²) in [4.78, 5) is 24.4. The summed E-state index contributed by atoms with van der Waals surface area (Å²) in [6, 6.07) is 17.9. The molecule has 2 heterocycles. The number of methoxy groups -OCH3 is 2. The molecular formula is C48H56F6N2O16S2. The lowest BCUT2D eigenvalue weighted by Crippen LogP contribution is -2.54. The van der Waals surface area contributed by atoms with Crippen LogP contribution in [0.25, 0.3) is 0 Å². The van der Waals surface area contributed by atoms with Crippen LogP contribution in [0.1, 0.15) is 60.8 Å². The van der Waals surface area contributed by atoms with Gasteiger partial charge in [-0.25, -0.2) is 27.8 Å². The molecule has 4 aromatic carbocycles. The largest absolute Gasteiger partial charge is 0.497 e. The second-order valence-electron chi connectivity index (χ2n) is 16.7. The molecule has 2 aliphatic heterocycles. The molecule has 2 amide bonds. The molecule has 4 aromatic rings. The van der Waals surface area contributed by atoms with E-state index in [1.807, 2.05) is 12.1 Å². The molecule has 0 aliphatic carbocycles. The van der Waals surface area contributed by atoms with Gasteiger partial charge in [-0.05, 0) is 116 Å². The molecule has 2 saturated heterocycles. The minimum Gasteiger partial charge on any atom is -0.497 e. The van der Waals surface area contributed by atoms with Crippen molar-refractivity contribution in [1.29, 1.82) is 0 Å². The average molecular weight is 1100 g/mol. The van der Waals surface area contributed by atoms with E-state index in [-0.39, 0.29) is 98.9 Å². The summed E-state index contributed by atoms with van der Waals surface area (Å²) in [5.41, 5.74) is 0.722. The predicted octanol–water partition coefficient (Wildman–Crippen LogP) is 7.06. The Hall–Kier alpha value is -5.74. The first kappa shape index (κ1) is 59.1. The number of amides is 2. The highest BCUT2D eigenvalue weighted by molar-refractivity contribution is 7.94. The van der Waals surface area contributed by atoms with Gasteiger partial charge in [-0.15, -0.1) is 0 Å². The van der Waals surface area contributed by atoms with Crippen LogP contribution in [0.5, 0.6) is 23.0 Å². The van der Waals surface area contributed by atoms with Crippen LogP contribution in [0.2, 0.25) is 0 Å². The molecule has 0 atom stereocenters. The Kier molecular flexibility index (Phi) is 20.9. The molecule has 18 nitrogen and oxygen atoms in total. The number of carbonyl (C=O) groups is 2. The second kappa shape index (κ2) is 26.2. The van der Waals surface area contributed by atoms with Gasteiger partial charge in [-0.3, -0.25) is 20.0 Å². The van der Waals surface area contributed by atoms with Gasteiger partial charge in [0.1, 0.15) is 23.0 Å². The highest BCUT2D eigenvalue weighted by Gasteiger charge is 2.53. The van der Waals surface area contributed by atoms with Gasteiger partial charge in [0, 0.05) is 45.3 Å². The van der Waals surface area contributed by atoms with Crippen LogP contribution in [-0.2, 0) is 73.8 Å². The zero-order valence-electron chi connectivity index (χ0n) is 40.1. The number of nitrogens with one attached hydrogen (secondary N) is 2. The third-order valence-corrected chi connectivity index (χ3v) is 17.0. The molecular weight excluding hydrogens is 1040 g/mol. The van der Waals surface area contributed by atoms with E-state index in [4.69, 9.17) is 48.3 Å². The molecule has 408 valence electrons. The maximum absolute atomic E-state index is 13.3. The van der Waals surface area contributed by atoms with Crippen LogP contribution < -0.4 is 29.9 Å². The average Bonchev–Trinajstić information content (AvgIpc) is 3.40. The van der Waals surface area contributed by atoms with E-state index in [1.165, 1.54) is 47.4 Å². The molecule has 74 heavy (non-hydrogen) atoms. The third-order valence-electron chi connectivity index (χ3n) is 11.9. The van der Waals surface area contributed by atoms with Crippen molar-refractivity contribution in [3.05, 3.63) is 107 Å². The molecule has 0 saturated carbocycles. The predicted molar refractivity (Wildman–Crippen MR) is 248 cm³/mol. The summed E-state index contributed by atoms with van der Waals surface area (Å²) in [5, 5.41) is 18.2. The van der Waals surface area contributed by atoms with E-state index in [9.17, 15) is 52.8 Å². The first-order valence-corrected chi connectivity index (χ1v) is 25.7. The fraction of sp³-hybridized carbons (Fsp3) is 0.458. The minimum atomic E-state index is -4.95. The van der Waals surface area contributed by atoms with Crippen LogP contribution in [0.4, 0.5) is 26.3 Å². The van der Waals surface area contributed by atoms with Crippen molar-refractivity contribution in [3.8, 4) is 23.0 Å². The molecule has 6 rings (SSSR count). The first-order valence-electron chi connectivity index (χ1n) is 22.7. The van der Waals surface area contributed by atoms with Gasteiger partial charge < -0.3 is 37.9 Å². The van der Waals surface area contributed by atoms with E-state index in [0.29, 0.717) is 55.6 Å². The van der Waals surface area contributed by atoms with Gasteiger partial charge >= 0.3 is 12.4 Å². The van der Waals surface area contributed by atoms with Gasteiger partial charge in [0.25, 0.3) is 11.8 Å². The van der Waals surface area contributed by atoms with Crippen molar-refractivity contribution in [2.24, 2.45) is 0 Å². The number of ether oxygens (including phenoxy) is 8. The Morgan fingerprint density at radius 3 is 1.22 bits per heavy atom. The van der Waals surface area contributed by atoms with E-state index in [0.717, 1.165) is 5.56 Å². The van der Waals surface area contributed by atoms with Crippen molar-refractivity contribution in [3.63, 3.8) is 0 Å². The summed E-state index contributed by atoms with van der Waals surface area (Å²) in [6.45, 7) is 1.04. The lowest BCUT2D eigenvalue weighted by Gasteiger charge is -2.34. The van der Waals surface area contributed by atoms with Crippen molar-refractivity contribution in [2.45, 2.75) is 83.4 Å². The molecule has 0 spiro atoms. The first-order chi connectivity index (χ1) is 35.1. The van der Waals surface area contributed by atoms with Gasteiger partial charge in [0.15, 0.2) is 29.2 Å².